The monoisotopic (exact) mass is 160 g/mol. The van der Waals surface area contributed by atoms with E-state index in [-0.39, 0.29) is 5.48 Å². The van der Waals surface area contributed by atoms with Crippen LogP contribution < -0.4 is 5.73 Å². The second-order valence-corrected chi connectivity index (χ2v) is 2.69. The molecule has 0 aliphatic carbocycles. The molecule has 0 unspecified atom stereocenters. The Hall–Kier alpha value is -0.570. The van der Waals surface area contributed by atoms with Crippen molar-refractivity contribution in [1.82, 2.24) is 0 Å². The molecular formula is C8H20N2O. The fraction of sp³-hybridized carbons (Fsp3) is 0.875. The Morgan fingerprint density at radius 2 is 1.73 bits per heavy atom. The first-order valence-electron chi connectivity index (χ1n) is 4.10. The molecule has 0 atom stereocenters. The Labute approximate surface area is 68.8 Å². The number of hydrogen-bond acceptors (Lipinski definition) is 1. The quantitative estimate of drug-likeness (QED) is 0.344. The molecule has 0 aliphatic rings. The molecule has 0 fully saturated rings. The first kappa shape index (κ1) is 13.1. The second kappa shape index (κ2) is 9.43. The van der Waals surface area contributed by atoms with Crippen LogP contribution in [0.3, 0.4) is 0 Å². The summed E-state index contributed by atoms with van der Waals surface area (Å²) in [5, 5.41) is 6.95. The highest BCUT2D eigenvalue weighted by molar-refractivity contribution is 5.76. The van der Waals surface area contributed by atoms with E-state index in [9.17, 15) is 0 Å². The molecular weight excluding hydrogens is 140 g/mol. The zero-order valence-electron chi connectivity index (χ0n) is 7.32. The lowest BCUT2D eigenvalue weighted by molar-refractivity contribution is 0.642. The third kappa shape index (κ3) is 12.6. The Morgan fingerprint density at radius 1 is 1.18 bits per heavy atom. The molecule has 0 aliphatic heterocycles. The van der Waals surface area contributed by atoms with Crippen molar-refractivity contribution in [3.05, 3.63) is 0 Å². The number of nitrogens with one attached hydrogen (secondary N) is 1. The lowest BCUT2D eigenvalue weighted by Crippen LogP contribution is -2.08. The SMILES string of the molecule is CCCCCCCC(=N)N.O. The molecule has 0 spiro atoms. The maximum Gasteiger partial charge on any atom is 0.0905 e. The standard InChI is InChI=1S/C8H18N2.H2O/c1-2-3-4-5-6-7-8(9)10;/h2-7H2,1H3,(H3,9,10);1H2. The first-order chi connectivity index (χ1) is 4.77. The van der Waals surface area contributed by atoms with Gasteiger partial charge in [0.05, 0.1) is 5.84 Å². The van der Waals surface area contributed by atoms with E-state index in [2.05, 4.69) is 6.92 Å². The third-order valence-electron chi connectivity index (χ3n) is 1.55. The van der Waals surface area contributed by atoms with Crippen molar-refractivity contribution in [3.63, 3.8) is 0 Å². The Bertz CT molecular complexity index is 94.1. The molecule has 0 aromatic rings. The molecule has 5 N–H and O–H groups in total. The van der Waals surface area contributed by atoms with Gasteiger partial charge in [0.2, 0.25) is 0 Å². The highest BCUT2D eigenvalue weighted by Gasteiger charge is 1.90. The summed E-state index contributed by atoms with van der Waals surface area (Å²) < 4.78 is 0. The minimum absolute atomic E-state index is 0. The Morgan fingerprint density at radius 3 is 2.18 bits per heavy atom. The number of hydrogen-bond donors (Lipinski definition) is 2. The van der Waals surface area contributed by atoms with E-state index in [1.165, 1.54) is 25.7 Å². The normalized spacial score (nSPS) is 8.82. The van der Waals surface area contributed by atoms with Gasteiger partial charge in [-0.2, -0.15) is 0 Å². The van der Waals surface area contributed by atoms with Crippen molar-refractivity contribution in [2.75, 3.05) is 0 Å². The van der Waals surface area contributed by atoms with Gasteiger partial charge in [0.1, 0.15) is 0 Å². The summed E-state index contributed by atoms with van der Waals surface area (Å²) in [6.45, 7) is 2.20. The number of nitrogens with two attached hydrogens (primary N) is 1. The van der Waals surface area contributed by atoms with Gasteiger partial charge in [-0.05, 0) is 6.42 Å². The van der Waals surface area contributed by atoms with Crippen LogP contribution in [0.1, 0.15) is 45.4 Å². The lowest BCUT2D eigenvalue weighted by atomic mass is 10.1. The maximum atomic E-state index is 6.95. The average molecular weight is 160 g/mol. The molecule has 0 heterocycles. The summed E-state index contributed by atoms with van der Waals surface area (Å²) in [4.78, 5) is 0. The van der Waals surface area contributed by atoms with Crippen molar-refractivity contribution in [2.45, 2.75) is 45.4 Å². The van der Waals surface area contributed by atoms with Crippen LogP contribution in [0.25, 0.3) is 0 Å². The smallest absolute Gasteiger partial charge is 0.0905 e. The molecule has 0 saturated heterocycles. The largest absolute Gasteiger partial charge is 0.412 e. The fourth-order valence-corrected chi connectivity index (χ4v) is 0.919. The van der Waals surface area contributed by atoms with Crippen LogP contribution in [0, 0.1) is 5.41 Å². The summed E-state index contributed by atoms with van der Waals surface area (Å²) in [5.41, 5.74) is 5.19. The third-order valence-corrected chi connectivity index (χ3v) is 1.55. The molecule has 11 heavy (non-hydrogen) atoms. The maximum absolute atomic E-state index is 6.95. The van der Waals surface area contributed by atoms with Crippen LogP contribution in [0.15, 0.2) is 0 Å². The minimum Gasteiger partial charge on any atom is -0.412 e. The van der Waals surface area contributed by atoms with Gasteiger partial charge in [-0.25, -0.2) is 0 Å². The van der Waals surface area contributed by atoms with Crippen LogP contribution in [-0.2, 0) is 0 Å². The molecule has 0 amide bonds. The molecule has 0 bridgehead atoms. The van der Waals surface area contributed by atoms with Crippen LogP contribution in [0.4, 0.5) is 0 Å². The molecule has 0 saturated carbocycles. The van der Waals surface area contributed by atoms with Gasteiger partial charge in [-0.15, -0.1) is 0 Å². The van der Waals surface area contributed by atoms with Crippen molar-refractivity contribution in [1.29, 1.82) is 5.41 Å². The number of rotatable bonds is 6. The number of amidine groups is 1. The van der Waals surface area contributed by atoms with E-state index in [0.29, 0.717) is 5.84 Å². The van der Waals surface area contributed by atoms with Gasteiger partial charge in [0.15, 0.2) is 0 Å². The van der Waals surface area contributed by atoms with Gasteiger partial charge in [0, 0.05) is 6.42 Å². The van der Waals surface area contributed by atoms with Crippen molar-refractivity contribution < 1.29 is 5.48 Å². The van der Waals surface area contributed by atoms with E-state index >= 15 is 0 Å². The second-order valence-electron chi connectivity index (χ2n) is 2.69. The molecule has 3 nitrogen and oxygen atoms in total. The van der Waals surface area contributed by atoms with Crippen LogP contribution in [0.2, 0.25) is 0 Å². The summed E-state index contributed by atoms with van der Waals surface area (Å²) in [7, 11) is 0. The zero-order valence-corrected chi connectivity index (χ0v) is 7.32. The summed E-state index contributed by atoms with van der Waals surface area (Å²) in [6, 6.07) is 0. The molecule has 68 valence electrons. The van der Waals surface area contributed by atoms with Crippen molar-refractivity contribution >= 4 is 5.84 Å². The molecule has 0 rings (SSSR count). The topological polar surface area (TPSA) is 81.4 Å². The van der Waals surface area contributed by atoms with Gasteiger partial charge >= 0.3 is 0 Å². The molecule has 0 aromatic heterocycles. The van der Waals surface area contributed by atoms with E-state index < -0.39 is 0 Å². The first-order valence-corrected chi connectivity index (χ1v) is 4.10. The van der Waals surface area contributed by atoms with Crippen LogP contribution in [-0.4, -0.2) is 11.3 Å². The van der Waals surface area contributed by atoms with E-state index in [1.54, 1.807) is 0 Å². The average Bonchev–Trinajstić information content (AvgIpc) is 1.87. The molecule has 0 radical (unpaired) electrons. The van der Waals surface area contributed by atoms with E-state index in [1.807, 2.05) is 0 Å². The van der Waals surface area contributed by atoms with Crippen molar-refractivity contribution in [3.8, 4) is 0 Å². The molecule has 3 heteroatoms. The number of unbranched alkanes of at least 4 members (excludes halogenated alkanes) is 4. The van der Waals surface area contributed by atoms with E-state index in [4.69, 9.17) is 11.1 Å². The van der Waals surface area contributed by atoms with Gasteiger partial charge in [0.25, 0.3) is 0 Å². The van der Waals surface area contributed by atoms with Crippen LogP contribution in [0.5, 0.6) is 0 Å². The zero-order chi connectivity index (χ0) is 7.82. The summed E-state index contributed by atoms with van der Waals surface area (Å²) >= 11 is 0. The minimum atomic E-state index is 0. The summed E-state index contributed by atoms with van der Waals surface area (Å²) in [6.07, 6.45) is 6.99. The van der Waals surface area contributed by atoms with Gasteiger partial charge in [-0.1, -0.05) is 32.6 Å². The van der Waals surface area contributed by atoms with Crippen LogP contribution >= 0.6 is 0 Å². The Kier molecular flexibility index (Phi) is 11.2. The Balaban J connectivity index is 0. The predicted molar refractivity (Wildman–Crippen MR) is 48.9 cm³/mol. The fourth-order valence-electron chi connectivity index (χ4n) is 0.919. The predicted octanol–water partition coefficient (Wildman–Crippen LogP) is 1.46. The van der Waals surface area contributed by atoms with E-state index in [0.717, 1.165) is 12.8 Å². The lowest BCUT2D eigenvalue weighted by Gasteiger charge is -1.97. The van der Waals surface area contributed by atoms with Crippen molar-refractivity contribution in [2.24, 2.45) is 5.73 Å². The van der Waals surface area contributed by atoms with Gasteiger partial charge < -0.3 is 11.2 Å². The molecule has 0 aromatic carbocycles. The summed E-state index contributed by atoms with van der Waals surface area (Å²) in [5.74, 6) is 0.330. The van der Waals surface area contributed by atoms with Gasteiger partial charge in [-0.3, -0.25) is 5.41 Å². The highest BCUT2D eigenvalue weighted by atomic mass is 16.0. The highest BCUT2D eigenvalue weighted by Crippen LogP contribution is 2.03.